The zero-order valence-electron chi connectivity index (χ0n) is 14.3. The molecule has 2 aromatic rings. The molecule has 126 valence electrons. The van der Waals surface area contributed by atoms with Crippen molar-refractivity contribution in [3.05, 3.63) is 70.8 Å². The van der Waals surface area contributed by atoms with E-state index in [2.05, 4.69) is 17.6 Å². The van der Waals surface area contributed by atoms with Crippen LogP contribution in [0.15, 0.2) is 48.5 Å². The molecule has 4 heteroatoms. The number of unbranched alkanes of at least 4 members (excludes halogenated alkanes) is 1. The van der Waals surface area contributed by atoms with E-state index in [-0.39, 0.29) is 11.8 Å². The molecule has 0 fully saturated rings. The molecular weight excluding hydrogens is 300 g/mol. The Hall–Kier alpha value is -2.62. The summed E-state index contributed by atoms with van der Waals surface area (Å²) in [7, 11) is 0. The molecule has 0 atom stereocenters. The molecule has 24 heavy (non-hydrogen) atoms. The highest BCUT2D eigenvalue weighted by Gasteiger charge is 2.09. The molecule has 0 spiro atoms. The third-order valence-corrected chi connectivity index (χ3v) is 3.93. The third-order valence-electron chi connectivity index (χ3n) is 3.93. The molecule has 0 saturated carbocycles. The summed E-state index contributed by atoms with van der Waals surface area (Å²) in [6, 6.07) is 14.7. The van der Waals surface area contributed by atoms with Crippen LogP contribution in [-0.4, -0.2) is 18.4 Å². The second-order valence-corrected chi connectivity index (χ2v) is 5.80. The number of nitrogens with one attached hydrogen (secondary N) is 2. The van der Waals surface area contributed by atoms with Crippen molar-refractivity contribution in [3.63, 3.8) is 0 Å². The van der Waals surface area contributed by atoms with Gasteiger partial charge in [0.05, 0.1) is 0 Å². The maximum Gasteiger partial charge on any atom is 0.251 e. The molecule has 0 unspecified atom stereocenters. The second kappa shape index (κ2) is 8.87. The molecule has 0 aliphatic heterocycles. The van der Waals surface area contributed by atoms with Gasteiger partial charge in [0.25, 0.3) is 11.8 Å². The Morgan fingerprint density at radius 3 is 2.04 bits per heavy atom. The number of hydrogen-bond donors (Lipinski definition) is 2. The van der Waals surface area contributed by atoms with Crippen molar-refractivity contribution in [3.8, 4) is 0 Å². The van der Waals surface area contributed by atoms with Crippen LogP contribution in [0, 0.1) is 6.92 Å². The fourth-order valence-corrected chi connectivity index (χ4v) is 2.34. The molecule has 0 saturated heterocycles. The molecule has 0 radical (unpaired) electrons. The van der Waals surface area contributed by atoms with Gasteiger partial charge in [-0.3, -0.25) is 9.59 Å². The van der Waals surface area contributed by atoms with E-state index in [4.69, 9.17) is 0 Å². The maximum atomic E-state index is 12.2. The summed E-state index contributed by atoms with van der Waals surface area (Å²) in [5.74, 6) is -0.244. The second-order valence-electron chi connectivity index (χ2n) is 5.80. The van der Waals surface area contributed by atoms with Gasteiger partial charge in [-0.2, -0.15) is 0 Å². The number of rotatable bonds is 7. The smallest absolute Gasteiger partial charge is 0.251 e. The van der Waals surface area contributed by atoms with Crippen LogP contribution in [0.1, 0.15) is 51.6 Å². The molecule has 4 nitrogen and oxygen atoms in total. The fourth-order valence-electron chi connectivity index (χ4n) is 2.34. The zero-order valence-corrected chi connectivity index (χ0v) is 14.3. The van der Waals surface area contributed by atoms with Crippen LogP contribution in [0.25, 0.3) is 0 Å². The molecule has 0 bridgehead atoms. The number of carbonyl (C=O) groups is 2. The summed E-state index contributed by atoms with van der Waals surface area (Å²) in [6.07, 6.45) is 2.01. The van der Waals surface area contributed by atoms with Crippen molar-refractivity contribution in [2.45, 2.75) is 33.2 Å². The van der Waals surface area contributed by atoms with Crippen LogP contribution in [0.2, 0.25) is 0 Å². The molecule has 2 rings (SSSR count). The lowest BCUT2D eigenvalue weighted by molar-refractivity contribution is 0.0940. The van der Waals surface area contributed by atoms with Crippen molar-refractivity contribution >= 4 is 11.8 Å². The fraction of sp³-hybridized carbons (Fsp3) is 0.300. The van der Waals surface area contributed by atoms with Gasteiger partial charge in [0.1, 0.15) is 0 Å². The van der Waals surface area contributed by atoms with Crippen molar-refractivity contribution in [2.75, 3.05) is 6.54 Å². The Morgan fingerprint density at radius 2 is 1.46 bits per heavy atom. The highest BCUT2D eigenvalue weighted by Crippen LogP contribution is 2.08. The molecule has 2 N–H and O–H groups in total. The number of carbonyl (C=O) groups excluding carboxylic acids is 2. The lowest BCUT2D eigenvalue weighted by atomic mass is 10.1. The summed E-state index contributed by atoms with van der Waals surface area (Å²) < 4.78 is 0. The maximum absolute atomic E-state index is 12.2. The Bertz CT molecular complexity index is 693. The molecule has 0 aliphatic rings. The van der Waals surface area contributed by atoms with Gasteiger partial charge in [0.2, 0.25) is 0 Å². The van der Waals surface area contributed by atoms with Gasteiger partial charge >= 0.3 is 0 Å². The predicted molar refractivity (Wildman–Crippen MR) is 96.0 cm³/mol. The minimum Gasteiger partial charge on any atom is -0.352 e. The van der Waals surface area contributed by atoms with Gasteiger partial charge in [-0.15, -0.1) is 0 Å². The summed E-state index contributed by atoms with van der Waals surface area (Å²) in [4.78, 5) is 24.1. The van der Waals surface area contributed by atoms with Crippen LogP contribution in [-0.2, 0) is 6.54 Å². The predicted octanol–water partition coefficient (Wildman–Crippen LogP) is 3.45. The monoisotopic (exact) mass is 324 g/mol. The van der Waals surface area contributed by atoms with E-state index in [9.17, 15) is 9.59 Å². The van der Waals surface area contributed by atoms with Crippen LogP contribution in [0.5, 0.6) is 0 Å². The Balaban J connectivity index is 1.91. The van der Waals surface area contributed by atoms with E-state index in [0.717, 1.165) is 24.0 Å². The first-order valence-corrected chi connectivity index (χ1v) is 8.32. The quantitative estimate of drug-likeness (QED) is 0.766. The Kier molecular flexibility index (Phi) is 6.55. The van der Waals surface area contributed by atoms with E-state index in [0.29, 0.717) is 24.2 Å². The molecule has 2 aromatic carbocycles. The topological polar surface area (TPSA) is 58.2 Å². The van der Waals surface area contributed by atoms with E-state index in [1.165, 1.54) is 0 Å². The van der Waals surface area contributed by atoms with Crippen molar-refractivity contribution < 1.29 is 9.59 Å². The minimum absolute atomic E-state index is 0.102. The Morgan fingerprint density at radius 1 is 0.875 bits per heavy atom. The molecule has 0 heterocycles. The van der Waals surface area contributed by atoms with Crippen LogP contribution < -0.4 is 10.6 Å². The standard InChI is InChI=1S/C20H24N2O2/c1-3-4-13-21-19(23)16-9-11-17(12-10-16)20(24)22-14-18-8-6-5-7-15(18)2/h5-12H,3-4,13-14H2,1-2H3,(H,21,23)(H,22,24). The summed E-state index contributed by atoms with van der Waals surface area (Å²) in [5, 5.41) is 5.77. The van der Waals surface area contributed by atoms with Gasteiger partial charge < -0.3 is 10.6 Å². The van der Waals surface area contributed by atoms with Gasteiger partial charge in [-0.1, -0.05) is 37.6 Å². The first-order valence-electron chi connectivity index (χ1n) is 8.32. The van der Waals surface area contributed by atoms with Crippen molar-refractivity contribution in [2.24, 2.45) is 0 Å². The zero-order chi connectivity index (χ0) is 17.4. The van der Waals surface area contributed by atoms with Crippen molar-refractivity contribution in [1.29, 1.82) is 0 Å². The van der Waals surface area contributed by atoms with E-state index in [1.54, 1.807) is 24.3 Å². The lowest BCUT2D eigenvalue weighted by Gasteiger charge is -2.09. The molecule has 0 aromatic heterocycles. The highest BCUT2D eigenvalue weighted by atomic mass is 16.2. The summed E-state index contributed by atoms with van der Waals surface area (Å²) in [5.41, 5.74) is 3.37. The Labute approximate surface area is 143 Å². The third kappa shape index (κ3) is 4.95. The molecule has 0 aliphatic carbocycles. The number of amides is 2. The molecule has 2 amide bonds. The number of aryl methyl sites for hydroxylation is 1. The SMILES string of the molecule is CCCCNC(=O)c1ccc(C(=O)NCc2ccccc2C)cc1. The normalized spacial score (nSPS) is 10.2. The molecular formula is C20H24N2O2. The average Bonchev–Trinajstić information content (AvgIpc) is 2.61. The van der Waals surface area contributed by atoms with Gasteiger partial charge in [0, 0.05) is 24.2 Å². The largest absolute Gasteiger partial charge is 0.352 e. The average molecular weight is 324 g/mol. The number of benzene rings is 2. The summed E-state index contributed by atoms with van der Waals surface area (Å²) in [6.45, 7) is 5.27. The van der Waals surface area contributed by atoms with Gasteiger partial charge in [-0.05, 0) is 48.7 Å². The highest BCUT2D eigenvalue weighted by molar-refractivity contribution is 5.97. The minimum atomic E-state index is -0.142. The first kappa shape index (κ1) is 17.7. The van der Waals surface area contributed by atoms with Crippen LogP contribution in [0.3, 0.4) is 0 Å². The van der Waals surface area contributed by atoms with E-state index in [1.807, 2.05) is 31.2 Å². The first-order chi connectivity index (χ1) is 11.6. The van der Waals surface area contributed by atoms with Gasteiger partial charge in [-0.25, -0.2) is 0 Å². The summed E-state index contributed by atoms with van der Waals surface area (Å²) >= 11 is 0. The van der Waals surface area contributed by atoms with Crippen LogP contribution in [0.4, 0.5) is 0 Å². The van der Waals surface area contributed by atoms with E-state index >= 15 is 0 Å². The van der Waals surface area contributed by atoms with E-state index < -0.39 is 0 Å². The number of hydrogen-bond acceptors (Lipinski definition) is 2. The lowest BCUT2D eigenvalue weighted by Crippen LogP contribution is -2.25. The van der Waals surface area contributed by atoms with Crippen molar-refractivity contribution in [1.82, 2.24) is 10.6 Å². The van der Waals surface area contributed by atoms with Crippen LogP contribution >= 0.6 is 0 Å². The van der Waals surface area contributed by atoms with Gasteiger partial charge in [0.15, 0.2) is 0 Å².